The number of ether oxygens (including phenoxy) is 2. The van der Waals surface area contributed by atoms with Crippen molar-refractivity contribution in [2.24, 2.45) is 5.92 Å². The number of halogens is 2. The highest BCUT2D eigenvalue weighted by Gasteiger charge is 2.13. The largest absolute Gasteiger partial charge is 0.493 e. The maximum Gasteiger partial charge on any atom is 0.166 e. The quantitative estimate of drug-likeness (QED) is 0.563. The molecule has 0 aromatic heterocycles. The molecule has 0 unspecified atom stereocenters. The van der Waals surface area contributed by atoms with E-state index in [1.807, 2.05) is 36.4 Å². The molecule has 0 atom stereocenters. The van der Waals surface area contributed by atoms with Crippen LogP contribution < -0.4 is 14.8 Å². The summed E-state index contributed by atoms with van der Waals surface area (Å²) in [6, 6.07) is 11.3. The van der Waals surface area contributed by atoms with E-state index in [4.69, 9.17) is 32.7 Å². The van der Waals surface area contributed by atoms with Crippen LogP contribution in [0.2, 0.25) is 10.0 Å². The molecule has 0 aliphatic rings. The van der Waals surface area contributed by atoms with Gasteiger partial charge in [0.25, 0.3) is 0 Å². The molecule has 0 bridgehead atoms. The zero-order valence-corrected chi connectivity index (χ0v) is 16.5. The Kier molecular flexibility index (Phi) is 7.89. The predicted molar refractivity (Wildman–Crippen MR) is 105 cm³/mol. The van der Waals surface area contributed by atoms with Gasteiger partial charge in [-0.05, 0) is 37.1 Å². The van der Waals surface area contributed by atoms with Crippen molar-refractivity contribution in [3.63, 3.8) is 0 Å². The number of benzene rings is 2. The van der Waals surface area contributed by atoms with E-state index in [2.05, 4.69) is 19.2 Å². The normalized spacial score (nSPS) is 11.0. The number of para-hydroxylation sites is 1. The van der Waals surface area contributed by atoms with E-state index in [0.717, 1.165) is 36.4 Å². The van der Waals surface area contributed by atoms with Gasteiger partial charge in [0, 0.05) is 27.7 Å². The van der Waals surface area contributed by atoms with E-state index < -0.39 is 0 Å². The fourth-order valence-electron chi connectivity index (χ4n) is 2.45. The summed E-state index contributed by atoms with van der Waals surface area (Å²) in [4.78, 5) is 0. The highest BCUT2D eigenvalue weighted by atomic mass is 35.5. The molecule has 25 heavy (non-hydrogen) atoms. The molecule has 0 fully saturated rings. The zero-order chi connectivity index (χ0) is 18.2. The minimum atomic E-state index is 0.290. The fourth-order valence-corrected chi connectivity index (χ4v) is 2.96. The third-order valence-electron chi connectivity index (χ3n) is 3.92. The highest BCUT2D eigenvalue weighted by Crippen LogP contribution is 2.33. The van der Waals surface area contributed by atoms with E-state index in [9.17, 15) is 0 Å². The Labute approximate surface area is 160 Å². The molecule has 1 N–H and O–H groups in total. The molecule has 0 heterocycles. The van der Waals surface area contributed by atoms with Gasteiger partial charge in [0.1, 0.15) is 6.61 Å². The first kappa shape index (κ1) is 19.9. The molecule has 0 radical (unpaired) electrons. The van der Waals surface area contributed by atoms with Gasteiger partial charge in [0.05, 0.1) is 7.11 Å². The monoisotopic (exact) mass is 381 g/mol. The molecule has 0 aliphatic carbocycles. The third-order valence-corrected chi connectivity index (χ3v) is 4.63. The predicted octanol–water partition coefficient (Wildman–Crippen LogP) is 5.72. The summed E-state index contributed by atoms with van der Waals surface area (Å²) in [5.41, 5.74) is 1.82. The lowest BCUT2D eigenvalue weighted by Gasteiger charge is -2.17. The molecule has 0 aliphatic heterocycles. The first-order valence-electron chi connectivity index (χ1n) is 8.45. The summed E-state index contributed by atoms with van der Waals surface area (Å²) >= 11 is 12.5. The van der Waals surface area contributed by atoms with Crippen LogP contribution in [0.25, 0.3) is 0 Å². The molecular weight excluding hydrogens is 357 g/mol. The standard InChI is InChI=1S/C20H25Cl2NO2/c1-14(2)10-11-23-12-15-6-4-9-19(24-3)20(15)25-13-16-17(21)7-5-8-18(16)22/h4-9,14,23H,10-13H2,1-3H3. The van der Waals surface area contributed by atoms with Crippen molar-refractivity contribution in [3.05, 3.63) is 57.6 Å². The highest BCUT2D eigenvalue weighted by molar-refractivity contribution is 6.35. The van der Waals surface area contributed by atoms with Crippen molar-refractivity contribution in [3.8, 4) is 11.5 Å². The molecule has 5 heteroatoms. The molecule has 2 aromatic carbocycles. The number of rotatable bonds is 9. The summed E-state index contributed by atoms with van der Waals surface area (Å²) in [5, 5.41) is 4.65. The number of hydrogen-bond donors (Lipinski definition) is 1. The number of hydrogen-bond acceptors (Lipinski definition) is 3. The van der Waals surface area contributed by atoms with E-state index >= 15 is 0 Å². The van der Waals surface area contributed by atoms with Crippen LogP contribution in [0.1, 0.15) is 31.4 Å². The van der Waals surface area contributed by atoms with Crippen LogP contribution in [0, 0.1) is 5.92 Å². The van der Waals surface area contributed by atoms with E-state index in [-0.39, 0.29) is 6.61 Å². The second kappa shape index (κ2) is 9.91. The van der Waals surface area contributed by atoms with Gasteiger partial charge in [-0.3, -0.25) is 0 Å². The Morgan fingerprint density at radius 2 is 1.72 bits per heavy atom. The Morgan fingerprint density at radius 3 is 2.36 bits per heavy atom. The van der Waals surface area contributed by atoms with Gasteiger partial charge in [-0.15, -0.1) is 0 Å². The van der Waals surface area contributed by atoms with Crippen LogP contribution in [0.3, 0.4) is 0 Å². The van der Waals surface area contributed by atoms with Gasteiger partial charge >= 0.3 is 0 Å². The smallest absolute Gasteiger partial charge is 0.166 e. The second-order valence-corrected chi connectivity index (χ2v) is 7.11. The minimum Gasteiger partial charge on any atom is -0.493 e. The van der Waals surface area contributed by atoms with Gasteiger partial charge in [0.2, 0.25) is 0 Å². The molecule has 2 rings (SSSR count). The molecule has 2 aromatic rings. The average molecular weight is 382 g/mol. The number of nitrogens with one attached hydrogen (secondary N) is 1. The lowest BCUT2D eigenvalue weighted by Crippen LogP contribution is -2.17. The van der Waals surface area contributed by atoms with Crippen molar-refractivity contribution < 1.29 is 9.47 Å². The first-order chi connectivity index (χ1) is 12.0. The molecule has 0 saturated carbocycles. The van der Waals surface area contributed by atoms with E-state index in [1.165, 1.54) is 0 Å². The topological polar surface area (TPSA) is 30.5 Å². The van der Waals surface area contributed by atoms with Gasteiger partial charge in [-0.25, -0.2) is 0 Å². The maximum atomic E-state index is 6.23. The summed E-state index contributed by atoms with van der Waals surface area (Å²) in [7, 11) is 1.64. The average Bonchev–Trinajstić information content (AvgIpc) is 2.58. The number of methoxy groups -OCH3 is 1. The SMILES string of the molecule is COc1cccc(CNCCC(C)C)c1OCc1c(Cl)cccc1Cl. The van der Waals surface area contributed by atoms with Crippen LogP contribution >= 0.6 is 23.2 Å². The van der Waals surface area contributed by atoms with Crippen molar-refractivity contribution >= 4 is 23.2 Å². The molecule has 136 valence electrons. The third kappa shape index (κ3) is 5.81. The zero-order valence-electron chi connectivity index (χ0n) is 14.9. The van der Waals surface area contributed by atoms with Gasteiger partial charge < -0.3 is 14.8 Å². The lowest BCUT2D eigenvalue weighted by molar-refractivity contribution is 0.280. The minimum absolute atomic E-state index is 0.290. The first-order valence-corrected chi connectivity index (χ1v) is 9.20. The summed E-state index contributed by atoms with van der Waals surface area (Å²) in [5.74, 6) is 2.10. The Hall–Kier alpha value is -1.42. The van der Waals surface area contributed by atoms with Crippen molar-refractivity contribution in [2.75, 3.05) is 13.7 Å². The summed E-state index contributed by atoms with van der Waals surface area (Å²) in [6.45, 7) is 6.41. The molecule has 3 nitrogen and oxygen atoms in total. The Balaban J connectivity index is 2.12. The fraction of sp³-hybridized carbons (Fsp3) is 0.400. The molecule has 0 spiro atoms. The Bertz CT molecular complexity index is 669. The molecular formula is C20H25Cl2NO2. The Morgan fingerprint density at radius 1 is 1.04 bits per heavy atom. The molecule has 0 amide bonds. The van der Waals surface area contributed by atoms with E-state index in [0.29, 0.717) is 21.7 Å². The van der Waals surface area contributed by atoms with Gasteiger partial charge in [-0.2, -0.15) is 0 Å². The summed E-state index contributed by atoms with van der Waals surface area (Å²) < 4.78 is 11.5. The van der Waals surface area contributed by atoms with Crippen LogP contribution in [-0.2, 0) is 13.2 Å². The van der Waals surface area contributed by atoms with Crippen LogP contribution in [0.15, 0.2) is 36.4 Å². The van der Waals surface area contributed by atoms with Crippen molar-refractivity contribution in [1.82, 2.24) is 5.32 Å². The van der Waals surface area contributed by atoms with Crippen LogP contribution in [0.4, 0.5) is 0 Å². The second-order valence-electron chi connectivity index (χ2n) is 6.30. The van der Waals surface area contributed by atoms with Crippen molar-refractivity contribution in [1.29, 1.82) is 0 Å². The maximum absolute atomic E-state index is 6.23. The lowest BCUT2D eigenvalue weighted by atomic mass is 10.1. The van der Waals surface area contributed by atoms with Crippen LogP contribution in [0.5, 0.6) is 11.5 Å². The van der Waals surface area contributed by atoms with Crippen LogP contribution in [-0.4, -0.2) is 13.7 Å². The van der Waals surface area contributed by atoms with Gasteiger partial charge in [0.15, 0.2) is 11.5 Å². The summed E-state index contributed by atoms with van der Waals surface area (Å²) in [6.07, 6.45) is 1.13. The van der Waals surface area contributed by atoms with Crippen molar-refractivity contribution in [2.45, 2.75) is 33.4 Å². The molecule has 0 saturated heterocycles. The van der Waals surface area contributed by atoms with Gasteiger partial charge in [-0.1, -0.05) is 55.2 Å². The van der Waals surface area contributed by atoms with E-state index in [1.54, 1.807) is 7.11 Å².